The Morgan fingerprint density at radius 1 is 1.26 bits per heavy atom. The number of likely N-dealkylation sites (tertiary alicyclic amines) is 1. The van der Waals surface area contributed by atoms with Crippen LogP contribution in [0, 0.1) is 19.3 Å². The van der Waals surface area contributed by atoms with Gasteiger partial charge in [-0.05, 0) is 19.4 Å². The lowest BCUT2D eigenvalue weighted by Gasteiger charge is -2.54. The second kappa shape index (κ2) is 5.52. The summed E-state index contributed by atoms with van der Waals surface area (Å²) in [4.78, 5) is 14.9. The van der Waals surface area contributed by atoms with Gasteiger partial charge in [0, 0.05) is 30.3 Å². The maximum absolute atomic E-state index is 12.9. The van der Waals surface area contributed by atoms with E-state index < -0.39 is 0 Å². The molecule has 1 aliphatic rings. The van der Waals surface area contributed by atoms with Crippen molar-refractivity contribution in [3.05, 3.63) is 52.8 Å². The summed E-state index contributed by atoms with van der Waals surface area (Å²) < 4.78 is 1.85. The van der Waals surface area contributed by atoms with E-state index in [1.165, 1.54) is 5.56 Å². The molecule has 1 atom stereocenters. The number of amides is 1. The van der Waals surface area contributed by atoms with Crippen LogP contribution in [0.5, 0.6) is 0 Å². The Labute approximate surface area is 138 Å². The smallest absolute Gasteiger partial charge is 0.227 e. The van der Waals surface area contributed by atoms with E-state index in [4.69, 9.17) is 0 Å². The molecule has 0 radical (unpaired) electrons. The second-order valence-electron chi connectivity index (χ2n) is 7.27. The third kappa shape index (κ3) is 2.67. The van der Waals surface area contributed by atoms with Crippen LogP contribution >= 0.6 is 0 Å². The molecule has 0 spiro atoms. The summed E-state index contributed by atoms with van der Waals surface area (Å²) in [6.07, 6.45) is 0.435. The van der Waals surface area contributed by atoms with Crippen molar-refractivity contribution >= 4 is 5.91 Å². The van der Waals surface area contributed by atoms with E-state index in [-0.39, 0.29) is 17.4 Å². The number of aromatic nitrogens is 2. The fourth-order valence-corrected chi connectivity index (χ4v) is 3.75. The molecule has 2 aromatic rings. The molecule has 1 aliphatic heterocycles. The summed E-state index contributed by atoms with van der Waals surface area (Å²) in [6, 6.07) is 10.5. The first-order valence-electron chi connectivity index (χ1n) is 8.15. The van der Waals surface area contributed by atoms with E-state index in [0.717, 1.165) is 23.5 Å². The summed E-state index contributed by atoms with van der Waals surface area (Å²) >= 11 is 0. The third-order valence-corrected chi connectivity index (χ3v) is 5.05. The fourth-order valence-electron chi connectivity index (χ4n) is 3.75. The van der Waals surface area contributed by atoms with Crippen molar-refractivity contribution in [1.82, 2.24) is 14.7 Å². The van der Waals surface area contributed by atoms with Crippen LogP contribution in [-0.2, 0) is 18.3 Å². The van der Waals surface area contributed by atoms with E-state index in [2.05, 4.69) is 31.1 Å². The van der Waals surface area contributed by atoms with Crippen LogP contribution in [-0.4, -0.2) is 27.1 Å². The minimum absolute atomic E-state index is 0.121. The molecule has 4 heteroatoms. The quantitative estimate of drug-likeness (QED) is 0.873. The number of hydrogen-bond acceptors (Lipinski definition) is 2. The Hall–Kier alpha value is -2.10. The molecule has 1 fully saturated rings. The highest BCUT2D eigenvalue weighted by Crippen LogP contribution is 2.48. The van der Waals surface area contributed by atoms with Gasteiger partial charge in [0.15, 0.2) is 0 Å². The largest absolute Gasteiger partial charge is 0.334 e. The molecule has 1 aromatic carbocycles. The molecule has 0 aliphatic carbocycles. The maximum Gasteiger partial charge on any atom is 0.227 e. The lowest BCUT2D eigenvalue weighted by molar-refractivity contribution is -0.151. The van der Waals surface area contributed by atoms with Crippen molar-refractivity contribution in [2.75, 3.05) is 6.54 Å². The number of rotatable bonds is 3. The zero-order valence-electron chi connectivity index (χ0n) is 14.6. The predicted molar refractivity (Wildman–Crippen MR) is 91.1 cm³/mol. The maximum atomic E-state index is 12.9. The molecule has 122 valence electrons. The van der Waals surface area contributed by atoms with Crippen LogP contribution in [0.1, 0.15) is 42.4 Å². The van der Waals surface area contributed by atoms with Gasteiger partial charge in [-0.15, -0.1) is 0 Å². The van der Waals surface area contributed by atoms with Gasteiger partial charge in [0.1, 0.15) is 0 Å². The normalized spacial score (nSPS) is 19.5. The topological polar surface area (TPSA) is 38.1 Å². The molecule has 1 amide bonds. The highest BCUT2D eigenvalue weighted by atomic mass is 16.2. The van der Waals surface area contributed by atoms with E-state index in [9.17, 15) is 4.79 Å². The van der Waals surface area contributed by atoms with Gasteiger partial charge < -0.3 is 4.90 Å². The van der Waals surface area contributed by atoms with Gasteiger partial charge in [-0.25, -0.2) is 0 Å². The van der Waals surface area contributed by atoms with Crippen molar-refractivity contribution in [3.8, 4) is 0 Å². The lowest BCUT2D eigenvalue weighted by Crippen LogP contribution is -2.58. The molecule has 0 bridgehead atoms. The molecule has 1 saturated heterocycles. The zero-order chi connectivity index (χ0) is 16.8. The van der Waals surface area contributed by atoms with Crippen molar-refractivity contribution in [1.29, 1.82) is 0 Å². The average Bonchev–Trinajstić information content (AvgIpc) is 2.72. The van der Waals surface area contributed by atoms with Crippen LogP contribution in [0.25, 0.3) is 0 Å². The zero-order valence-corrected chi connectivity index (χ0v) is 14.6. The van der Waals surface area contributed by atoms with Gasteiger partial charge in [0.2, 0.25) is 5.91 Å². The van der Waals surface area contributed by atoms with Crippen molar-refractivity contribution in [2.24, 2.45) is 12.5 Å². The number of benzene rings is 1. The molecule has 0 N–H and O–H groups in total. The Bertz CT molecular complexity index is 731. The average molecular weight is 311 g/mol. The van der Waals surface area contributed by atoms with Crippen molar-refractivity contribution in [2.45, 2.75) is 40.2 Å². The Balaban J connectivity index is 1.82. The molecule has 0 saturated carbocycles. The minimum Gasteiger partial charge on any atom is -0.334 e. The first-order valence-corrected chi connectivity index (χ1v) is 8.15. The molecule has 0 unspecified atom stereocenters. The van der Waals surface area contributed by atoms with E-state index in [0.29, 0.717) is 6.42 Å². The molecule has 4 nitrogen and oxygen atoms in total. The first kappa shape index (κ1) is 15.8. The van der Waals surface area contributed by atoms with Gasteiger partial charge in [0.05, 0.1) is 18.2 Å². The molecule has 1 aromatic heterocycles. The summed E-state index contributed by atoms with van der Waals surface area (Å²) in [7, 11) is 1.93. The monoisotopic (exact) mass is 311 g/mol. The van der Waals surface area contributed by atoms with Crippen LogP contribution in [0.15, 0.2) is 30.3 Å². The number of nitrogens with zero attached hydrogens (tertiary/aromatic N) is 3. The van der Waals surface area contributed by atoms with Crippen LogP contribution < -0.4 is 0 Å². The van der Waals surface area contributed by atoms with Crippen LogP contribution in [0.4, 0.5) is 0 Å². The van der Waals surface area contributed by atoms with Crippen molar-refractivity contribution < 1.29 is 4.79 Å². The number of carbonyl (C=O) groups is 1. The third-order valence-electron chi connectivity index (χ3n) is 5.05. The Kier molecular flexibility index (Phi) is 3.78. The lowest BCUT2D eigenvalue weighted by atomic mass is 9.71. The van der Waals surface area contributed by atoms with Crippen LogP contribution in [0.3, 0.4) is 0 Å². The number of aryl methyl sites for hydroxylation is 2. The van der Waals surface area contributed by atoms with Crippen molar-refractivity contribution in [3.63, 3.8) is 0 Å². The molecule has 23 heavy (non-hydrogen) atoms. The summed E-state index contributed by atoms with van der Waals surface area (Å²) in [5, 5.41) is 4.42. The van der Waals surface area contributed by atoms with Gasteiger partial charge in [0.25, 0.3) is 0 Å². The molecular weight excluding hydrogens is 286 g/mol. The summed E-state index contributed by atoms with van der Waals surface area (Å²) in [5.41, 5.74) is 4.43. The van der Waals surface area contributed by atoms with Gasteiger partial charge in [-0.2, -0.15) is 5.10 Å². The standard InChI is InChI=1S/C19H25N3O/c1-13-16(14(2)21(5)20-13)11-17(23)22-12-19(3,4)18(22)15-9-7-6-8-10-15/h6-10,18H,11-12H2,1-5H3/t18-/m0/s1. The van der Waals surface area contributed by atoms with Gasteiger partial charge in [-0.3, -0.25) is 9.48 Å². The number of hydrogen-bond donors (Lipinski definition) is 0. The van der Waals surface area contributed by atoms with E-state index >= 15 is 0 Å². The SMILES string of the molecule is Cc1nn(C)c(C)c1CC(=O)N1CC(C)(C)[C@@H]1c1ccccc1. The fraction of sp³-hybridized carbons (Fsp3) is 0.474. The summed E-state index contributed by atoms with van der Waals surface area (Å²) in [6.45, 7) is 9.27. The highest BCUT2D eigenvalue weighted by molar-refractivity contribution is 5.81. The molecule has 3 rings (SSSR count). The van der Waals surface area contributed by atoms with Crippen LogP contribution in [0.2, 0.25) is 0 Å². The molecule has 2 heterocycles. The second-order valence-corrected chi connectivity index (χ2v) is 7.27. The van der Waals surface area contributed by atoms with E-state index in [1.807, 2.05) is 48.7 Å². The van der Waals surface area contributed by atoms with E-state index in [1.54, 1.807) is 0 Å². The Morgan fingerprint density at radius 3 is 2.43 bits per heavy atom. The number of carbonyl (C=O) groups excluding carboxylic acids is 1. The molecular formula is C19H25N3O. The summed E-state index contributed by atoms with van der Waals surface area (Å²) in [5.74, 6) is 0.192. The van der Waals surface area contributed by atoms with Gasteiger partial charge in [-0.1, -0.05) is 44.2 Å². The first-order chi connectivity index (χ1) is 10.8. The highest BCUT2D eigenvalue weighted by Gasteiger charge is 2.48. The van der Waals surface area contributed by atoms with Gasteiger partial charge >= 0.3 is 0 Å². The predicted octanol–water partition coefficient (Wildman–Crippen LogP) is 3.19. The Morgan fingerprint density at radius 2 is 1.91 bits per heavy atom. The minimum atomic E-state index is 0.121.